The molecule has 0 saturated carbocycles. The van der Waals surface area contributed by atoms with Crippen molar-refractivity contribution >= 4 is 17.4 Å². The Morgan fingerprint density at radius 1 is 1.00 bits per heavy atom. The van der Waals surface area contributed by atoms with Gasteiger partial charge in [0.2, 0.25) is 0 Å². The number of aromatic nitrogens is 6. The van der Waals surface area contributed by atoms with Crippen molar-refractivity contribution in [3.8, 4) is 0 Å². The van der Waals surface area contributed by atoms with Crippen LogP contribution in [0.2, 0.25) is 0 Å². The maximum Gasteiger partial charge on any atom is 0.254 e. The summed E-state index contributed by atoms with van der Waals surface area (Å²) in [4.78, 5) is 22.4. The second-order valence-corrected chi connectivity index (χ2v) is 6.75. The summed E-state index contributed by atoms with van der Waals surface area (Å²) in [7, 11) is 0. The van der Waals surface area contributed by atoms with E-state index >= 15 is 0 Å². The second kappa shape index (κ2) is 6.17. The van der Waals surface area contributed by atoms with Crippen molar-refractivity contribution in [1.82, 2.24) is 34.9 Å². The van der Waals surface area contributed by atoms with Crippen molar-refractivity contribution in [3.05, 3.63) is 35.7 Å². The molecule has 2 aliphatic rings. The summed E-state index contributed by atoms with van der Waals surface area (Å²) < 4.78 is 1.82. The number of hydrogen-bond donors (Lipinski definition) is 1. The van der Waals surface area contributed by atoms with Crippen molar-refractivity contribution in [3.63, 3.8) is 0 Å². The zero-order valence-corrected chi connectivity index (χ0v) is 14.8. The van der Waals surface area contributed by atoms with Crippen LogP contribution >= 0.6 is 0 Å². The fourth-order valence-electron chi connectivity index (χ4n) is 3.82. The fraction of sp³-hybridized carbons (Fsp3) is 0.471. The van der Waals surface area contributed by atoms with E-state index in [1.165, 1.54) is 5.56 Å². The molecule has 0 aliphatic carbocycles. The molecule has 3 aromatic rings. The van der Waals surface area contributed by atoms with E-state index in [4.69, 9.17) is 0 Å². The molecule has 0 spiro atoms. The highest BCUT2D eigenvalue weighted by atomic mass is 15.4. The van der Waals surface area contributed by atoms with Crippen LogP contribution < -0.4 is 15.1 Å². The van der Waals surface area contributed by atoms with Crippen LogP contribution in [0.15, 0.2) is 18.7 Å². The molecule has 5 heterocycles. The van der Waals surface area contributed by atoms with Crippen LogP contribution in [-0.2, 0) is 13.0 Å². The monoisotopic (exact) mass is 351 g/mol. The first kappa shape index (κ1) is 15.4. The Kier molecular flexibility index (Phi) is 3.66. The molecule has 0 radical (unpaired) electrons. The van der Waals surface area contributed by atoms with Crippen LogP contribution in [0.3, 0.4) is 0 Å². The molecular weight excluding hydrogens is 330 g/mol. The summed E-state index contributed by atoms with van der Waals surface area (Å²) in [6, 6.07) is 2.08. The molecule has 26 heavy (non-hydrogen) atoms. The minimum atomic E-state index is 0.653. The summed E-state index contributed by atoms with van der Waals surface area (Å²) in [5.74, 6) is 2.81. The number of fused-ring (bicyclic) bond motifs is 2. The fourth-order valence-corrected chi connectivity index (χ4v) is 3.82. The van der Waals surface area contributed by atoms with E-state index in [1.807, 2.05) is 11.4 Å². The van der Waals surface area contributed by atoms with E-state index in [1.54, 1.807) is 12.7 Å². The van der Waals surface area contributed by atoms with Crippen LogP contribution in [0.5, 0.6) is 0 Å². The Bertz CT molecular complexity index is 943. The van der Waals surface area contributed by atoms with Crippen LogP contribution in [-0.4, -0.2) is 62.3 Å². The molecule has 0 atom stereocenters. The van der Waals surface area contributed by atoms with E-state index in [0.717, 1.165) is 68.7 Å². The van der Waals surface area contributed by atoms with Gasteiger partial charge in [0, 0.05) is 50.0 Å². The molecule has 0 bridgehead atoms. The first-order valence-electron chi connectivity index (χ1n) is 9.00. The highest BCUT2D eigenvalue weighted by molar-refractivity contribution is 5.53. The van der Waals surface area contributed by atoms with Gasteiger partial charge in [-0.3, -0.25) is 0 Å². The SMILES string of the molecule is Cc1cc(N2CCN(c3ncnc4c3CCNC4)CC2)n2ncnc2n1. The van der Waals surface area contributed by atoms with Gasteiger partial charge in [-0.05, 0) is 19.9 Å². The normalized spacial score (nSPS) is 17.6. The number of aryl methyl sites for hydroxylation is 1. The van der Waals surface area contributed by atoms with Gasteiger partial charge in [-0.1, -0.05) is 0 Å². The largest absolute Gasteiger partial charge is 0.353 e. The molecule has 9 nitrogen and oxygen atoms in total. The third-order valence-electron chi connectivity index (χ3n) is 5.12. The Labute approximate surface area is 151 Å². The van der Waals surface area contributed by atoms with Gasteiger partial charge < -0.3 is 15.1 Å². The predicted octanol–water partition coefficient (Wildman–Crippen LogP) is 0.195. The van der Waals surface area contributed by atoms with Crippen LogP contribution in [0.1, 0.15) is 17.0 Å². The smallest absolute Gasteiger partial charge is 0.254 e. The molecular formula is C17H21N9. The Hall–Kier alpha value is -2.81. The summed E-state index contributed by atoms with van der Waals surface area (Å²) in [5, 5.41) is 7.71. The lowest BCUT2D eigenvalue weighted by molar-refractivity contribution is 0.601. The minimum Gasteiger partial charge on any atom is -0.353 e. The third kappa shape index (κ3) is 2.55. The molecule has 9 heteroatoms. The Morgan fingerprint density at radius 3 is 2.73 bits per heavy atom. The van der Waals surface area contributed by atoms with E-state index < -0.39 is 0 Å². The van der Waals surface area contributed by atoms with Gasteiger partial charge in [0.1, 0.15) is 24.3 Å². The van der Waals surface area contributed by atoms with Crippen LogP contribution in [0, 0.1) is 6.92 Å². The summed E-state index contributed by atoms with van der Waals surface area (Å²) in [5.41, 5.74) is 3.40. The zero-order valence-electron chi connectivity index (χ0n) is 14.8. The maximum absolute atomic E-state index is 4.60. The van der Waals surface area contributed by atoms with E-state index in [0.29, 0.717) is 5.78 Å². The third-order valence-corrected chi connectivity index (χ3v) is 5.12. The second-order valence-electron chi connectivity index (χ2n) is 6.75. The molecule has 0 aromatic carbocycles. The standard InChI is InChI=1S/C17H21N9/c1-12-8-15(26-17(23-12)21-11-22-26)24-4-6-25(7-5-24)16-13-2-3-18-9-14(13)19-10-20-16/h8,10-11,18H,2-7,9H2,1H3. The minimum absolute atomic E-state index is 0.653. The van der Waals surface area contributed by atoms with Gasteiger partial charge >= 0.3 is 0 Å². The van der Waals surface area contributed by atoms with E-state index in [9.17, 15) is 0 Å². The van der Waals surface area contributed by atoms with Crippen molar-refractivity contribution < 1.29 is 0 Å². The lowest BCUT2D eigenvalue weighted by Crippen LogP contribution is -2.48. The lowest BCUT2D eigenvalue weighted by Gasteiger charge is -2.37. The summed E-state index contributed by atoms with van der Waals surface area (Å²) in [6.45, 7) is 7.50. The number of hydrogen-bond acceptors (Lipinski definition) is 8. The first-order chi connectivity index (χ1) is 12.8. The van der Waals surface area contributed by atoms with Crippen molar-refractivity contribution in [2.24, 2.45) is 0 Å². The van der Waals surface area contributed by atoms with Gasteiger partial charge in [-0.2, -0.15) is 14.6 Å². The molecule has 1 fully saturated rings. The quantitative estimate of drug-likeness (QED) is 0.700. The molecule has 1 saturated heterocycles. The number of rotatable bonds is 2. The maximum atomic E-state index is 4.60. The summed E-state index contributed by atoms with van der Waals surface area (Å²) in [6.07, 6.45) is 4.25. The van der Waals surface area contributed by atoms with Gasteiger partial charge in [0.05, 0.1) is 5.69 Å². The molecule has 0 unspecified atom stereocenters. The van der Waals surface area contributed by atoms with Crippen LogP contribution in [0.4, 0.5) is 11.6 Å². The lowest BCUT2D eigenvalue weighted by atomic mass is 10.1. The first-order valence-corrected chi connectivity index (χ1v) is 9.00. The predicted molar refractivity (Wildman–Crippen MR) is 97.4 cm³/mol. The average molecular weight is 351 g/mol. The zero-order chi connectivity index (χ0) is 17.5. The number of nitrogens with one attached hydrogen (secondary N) is 1. The Balaban J connectivity index is 1.39. The number of piperazine rings is 1. The van der Waals surface area contributed by atoms with Crippen LogP contribution in [0.25, 0.3) is 5.78 Å². The van der Waals surface area contributed by atoms with Crippen molar-refractivity contribution in [2.45, 2.75) is 19.9 Å². The molecule has 134 valence electrons. The highest BCUT2D eigenvalue weighted by Gasteiger charge is 2.24. The molecule has 2 aliphatic heterocycles. The van der Waals surface area contributed by atoms with Crippen molar-refractivity contribution in [1.29, 1.82) is 0 Å². The number of nitrogens with zero attached hydrogens (tertiary/aromatic N) is 8. The van der Waals surface area contributed by atoms with Gasteiger partial charge in [-0.25, -0.2) is 15.0 Å². The van der Waals surface area contributed by atoms with Gasteiger partial charge in [-0.15, -0.1) is 0 Å². The van der Waals surface area contributed by atoms with E-state index in [2.05, 4.69) is 46.2 Å². The molecule has 3 aromatic heterocycles. The Morgan fingerprint density at radius 2 is 1.85 bits per heavy atom. The summed E-state index contributed by atoms with van der Waals surface area (Å²) >= 11 is 0. The average Bonchev–Trinajstić information content (AvgIpc) is 3.15. The van der Waals surface area contributed by atoms with Gasteiger partial charge in [0.15, 0.2) is 0 Å². The molecule has 5 rings (SSSR count). The highest BCUT2D eigenvalue weighted by Crippen LogP contribution is 2.25. The molecule has 0 amide bonds. The van der Waals surface area contributed by atoms with Crippen molar-refractivity contribution in [2.75, 3.05) is 42.5 Å². The topological polar surface area (TPSA) is 87.4 Å². The van der Waals surface area contributed by atoms with E-state index in [-0.39, 0.29) is 0 Å². The number of anilines is 2. The van der Waals surface area contributed by atoms with Gasteiger partial charge in [0.25, 0.3) is 5.78 Å². The molecule has 1 N–H and O–H groups in total.